The molecule has 0 fully saturated rings. The summed E-state index contributed by atoms with van der Waals surface area (Å²) in [5.41, 5.74) is 5.32. The Balaban J connectivity index is 1.58. The smallest absolute Gasteiger partial charge is 0.272 e. The van der Waals surface area contributed by atoms with Crippen LogP contribution in [0, 0.1) is 11.3 Å². The minimum Gasteiger partial charge on any atom is -0.478 e. The second-order valence-electron chi connectivity index (χ2n) is 6.91. The lowest BCUT2D eigenvalue weighted by atomic mass is 10.0. The maximum Gasteiger partial charge on any atom is 0.272 e. The number of pyridine rings is 1. The van der Waals surface area contributed by atoms with Crippen LogP contribution in [0.3, 0.4) is 0 Å². The number of ether oxygens (including phenoxy) is 1. The van der Waals surface area contributed by atoms with Gasteiger partial charge in [-0.1, -0.05) is 18.2 Å². The summed E-state index contributed by atoms with van der Waals surface area (Å²) in [6.45, 7) is 3.44. The van der Waals surface area contributed by atoms with E-state index < -0.39 is 0 Å². The van der Waals surface area contributed by atoms with Crippen molar-refractivity contribution in [3.63, 3.8) is 0 Å². The van der Waals surface area contributed by atoms with Crippen molar-refractivity contribution >= 4 is 23.5 Å². The number of carbonyl (C=O) groups is 1. The summed E-state index contributed by atoms with van der Waals surface area (Å²) in [4.78, 5) is 24.1. The van der Waals surface area contributed by atoms with Crippen LogP contribution < -0.4 is 4.74 Å². The summed E-state index contributed by atoms with van der Waals surface area (Å²) in [5, 5.41) is 11.0. The second kappa shape index (κ2) is 8.47. The van der Waals surface area contributed by atoms with E-state index >= 15 is 0 Å². The molecular weight excluding hydrogens is 396 g/mol. The number of rotatable bonds is 6. The highest BCUT2D eigenvalue weighted by molar-refractivity contribution is 7.10. The van der Waals surface area contributed by atoms with Gasteiger partial charge in [0.25, 0.3) is 5.91 Å². The Hall–Kier alpha value is -3.50. The number of thiophene rings is 1. The maximum absolute atomic E-state index is 13.0. The van der Waals surface area contributed by atoms with Crippen molar-refractivity contribution in [2.45, 2.75) is 20.0 Å². The van der Waals surface area contributed by atoms with Crippen molar-refractivity contribution in [3.05, 3.63) is 69.0 Å². The Labute approximate surface area is 179 Å². The highest BCUT2D eigenvalue weighted by atomic mass is 32.1. The summed E-state index contributed by atoms with van der Waals surface area (Å²) in [7, 11) is 1.77. The van der Waals surface area contributed by atoms with E-state index in [2.05, 4.69) is 16.0 Å². The molecule has 0 unspecified atom stereocenters. The van der Waals surface area contributed by atoms with Crippen LogP contribution in [-0.2, 0) is 13.1 Å². The zero-order chi connectivity index (χ0) is 21.1. The molecule has 0 bridgehead atoms. The molecule has 3 aromatic rings. The SMILES string of the molecule is CCOc1nc(C(=O)N(C)Cc2cccc3c2CN=C3)ccc1-c1csc(C#N)c1. The Morgan fingerprint density at radius 2 is 2.20 bits per heavy atom. The number of hydrogen-bond donors (Lipinski definition) is 0. The summed E-state index contributed by atoms with van der Waals surface area (Å²) >= 11 is 1.37. The number of amides is 1. The number of aromatic nitrogens is 1. The lowest BCUT2D eigenvalue weighted by Gasteiger charge is -2.19. The first kappa shape index (κ1) is 19.8. The van der Waals surface area contributed by atoms with Crippen molar-refractivity contribution in [1.29, 1.82) is 5.26 Å². The standard InChI is InChI=1S/C23H20N4O2S/c1-3-29-22-19(17-9-18(10-24)30-14-17)7-8-21(26-22)23(28)27(2)13-16-6-4-5-15-11-25-12-20(15)16/h4-9,11,14H,3,12-13H2,1-2H3. The molecule has 1 aliphatic heterocycles. The van der Waals surface area contributed by atoms with Crippen LogP contribution >= 0.6 is 11.3 Å². The highest BCUT2D eigenvalue weighted by Gasteiger charge is 2.20. The molecule has 4 rings (SSSR count). The summed E-state index contributed by atoms with van der Waals surface area (Å²) in [6.07, 6.45) is 1.87. The molecule has 0 saturated heterocycles. The van der Waals surface area contributed by atoms with E-state index in [1.807, 2.05) is 42.8 Å². The van der Waals surface area contributed by atoms with Gasteiger partial charge < -0.3 is 9.64 Å². The highest BCUT2D eigenvalue weighted by Crippen LogP contribution is 2.32. The first-order chi connectivity index (χ1) is 14.6. The fourth-order valence-corrected chi connectivity index (χ4v) is 4.13. The van der Waals surface area contributed by atoms with Gasteiger partial charge >= 0.3 is 0 Å². The molecule has 0 aliphatic carbocycles. The van der Waals surface area contributed by atoms with Crippen LogP contribution in [0.4, 0.5) is 0 Å². The Morgan fingerprint density at radius 1 is 1.33 bits per heavy atom. The molecule has 2 aromatic heterocycles. The van der Waals surface area contributed by atoms with Gasteiger partial charge in [-0.25, -0.2) is 4.98 Å². The average molecular weight is 417 g/mol. The fraction of sp³-hybridized carbons (Fsp3) is 0.217. The predicted octanol–water partition coefficient (Wildman–Crippen LogP) is 4.29. The van der Waals surface area contributed by atoms with E-state index in [0.717, 1.165) is 22.3 Å². The van der Waals surface area contributed by atoms with E-state index in [0.29, 0.717) is 36.1 Å². The van der Waals surface area contributed by atoms with Crippen LogP contribution in [-0.4, -0.2) is 35.7 Å². The largest absolute Gasteiger partial charge is 0.478 e. The van der Waals surface area contributed by atoms with E-state index in [9.17, 15) is 4.79 Å². The van der Waals surface area contributed by atoms with Gasteiger partial charge in [-0.3, -0.25) is 9.79 Å². The zero-order valence-corrected chi connectivity index (χ0v) is 17.6. The Kier molecular flexibility index (Phi) is 5.59. The molecule has 1 aromatic carbocycles. The van der Waals surface area contributed by atoms with Gasteiger partial charge in [0, 0.05) is 30.8 Å². The maximum atomic E-state index is 13.0. The lowest BCUT2D eigenvalue weighted by molar-refractivity contribution is 0.0778. The molecule has 0 saturated carbocycles. The van der Waals surface area contributed by atoms with Crippen molar-refractivity contribution in [3.8, 4) is 23.1 Å². The van der Waals surface area contributed by atoms with Gasteiger partial charge in [0.2, 0.25) is 5.88 Å². The summed E-state index contributed by atoms with van der Waals surface area (Å²) in [5.74, 6) is 0.218. The minimum atomic E-state index is -0.179. The number of benzene rings is 1. The number of nitriles is 1. The van der Waals surface area contributed by atoms with Crippen LogP contribution in [0.25, 0.3) is 11.1 Å². The first-order valence-electron chi connectivity index (χ1n) is 9.59. The minimum absolute atomic E-state index is 0.179. The van der Waals surface area contributed by atoms with Crippen molar-refractivity contribution in [2.24, 2.45) is 4.99 Å². The molecule has 150 valence electrons. The Morgan fingerprint density at radius 3 is 2.97 bits per heavy atom. The number of fused-ring (bicyclic) bond motifs is 1. The van der Waals surface area contributed by atoms with Crippen molar-refractivity contribution in [2.75, 3.05) is 13.7 Å². The Bertz CT molecular complexity index is 1180. The van der Waals surface area contributed by atoms with Gasteiger partial charge in [-0.15, -0.1) is 11.3 Å². The van der Waals surface area contributed by atoms with Gasteiger partial charge in [0.05, 0.1) is 13.2 Å². The lowest BCUT2D eigenvalue weighted by Crippen LogP contribution is -2.27. The van der Waals surface area contributed by atoms with Crippen LogP contribution in [0.1, 0.15) is 39.0 Å². The van der Waals surface area contributed by atoms with E-state index in [-0.39, 0.29) is 5.91 Å². The molecule has 30 heavy (non-hydrogen) atoms. The number of hydrogen-bond acceptors (Lipinski definition) is 6. The van der Waals surface area contributed by atoms with E-state index in [1.165, 1.54) is 16.9 Å². The van der Waals surface area contributed by atoms with E-state index in [1.54, 1.807) is 24.1 Å². The summed E-state index contributed by atoms with van der Waals surface area (Å²) < 4.78 is 5.71. The average Bonchev–Trinajstić information content (AvgIpc) is 3.43. The normalized spacial score (nSPS) is 11.8. The predicted molar refractivity (Wildman–Crippen MR) is 117 cm³/mol. The fourth-order valence-electron chi connectivity index (χ4n) is 3.44. The third-order valence-electron chi connectivity index (χ3n) is 4.92. The quantitative estimate of drug-likeness (QED) is 0.601. The monoisotopic (exact) mass is 416 g/mol. The summed E-state index contributed by atoms with van der Waals surface area (Å²) in [6, 6.07) is 13.5. The molecule has 1 amide bonds. The molecule has 0 radical (unpaired) electrons. The molecule has 0 atom stereocenters. The van der Waals surface area contributed by atoms with Gasteiger partial charge in [-0.05, 0) is 47.4 Å². The number of carbonyl (C=O) groups excluding carboxylic acids is 1. The van der Waals surface area contributed by atoms with Crippen LogP contribution in [0.15, 0.2) is 46.8 Å². The molecule has 0 N–H and O–H groups in total. The van der Waals surface area contributed by atoms with Gasteiger partial charge in [0.15, 0.2) is 0 Å². The molecule has 3 heterocycles. The molecule has 6 nitrogen and oxygen atoms in total. The zero-order valence-electron chi connectivity index (χ0n) is 16.8. The third kappa shape index (κ3) is 3.82. The molecule has 7 heteroatoms. The number of nitrogens with zero attached hydrogens (tertiary/aromatic N) is 4. The van der Waals surface area contributed by atoms with Gasteiger partial charge in [0.1, 0.15) is 16.6 Å². The van der Waals surface area contributed by atoms with E-state index in [4.69, 9.17) is 10.00 Å². The van der Waals surface area contributed by atoms with Crippen molar-refractivity contribution in [1.82, 2.24) is 9.88 Å². The van der Waals surface area contributed by atoms with Crippen LogP contribution in [0.2, 0.25) is 0 Å². The van der Waals surface area contributed by atoms with Crippen molar-refractivity contribution < 1.29 is 9.53 Å². The second-order valence-corrected chi connectivity index (χ2v) is 7.82. The van der Waals surface area contributed by atoms with Crippen LogP contribution in [0.5, 0.6) is 5.88 Å². The topological polar surface area (TPSA) is 78.6 Å². The number of aliphatic imine (C=N–C) groups is 1. The van der Waals surface area contributed by atoms with Gasteiger partial charge in [-0.2, -0.15) is 5.26 Å². The first-order valence-corrected chi connectivity index (χ1v) is 10.5. The molecule has 0 spiro atoms. The molecular formula is C23H20N4O2S. The molecule has 1 aliphatic rings. The third-order valence-corrected chi connectivity index (χ3v) is 5.76.